The quantitative estimate of drug-likeness (QED) is 0.0479. The number of benzene rings is 10. The molecule has 87 heavy (non-hydrogen) atoms. The molecule has 4 atom stereocenters. The van der Waals surface area contributed by atoms with E-state index in [1.165, 1.54) is 0 Å². The van der Waals surface area contributed by atoms with Crippen molar-refractivity contribution in [2.75, 3.05) is 23.8 Å². The van der Waals surface area contributed by atoms with Gasteiger partial charge in [0.1, 0.15) is 34.5 Å². The summed E-state index contributed by atoms with van der Waals surface area (Å²) >= 11 is 0. The molecule has 14 nitrogen and oxygen atoms in total. The van der Waals surface area contributed by atoms with Crippen LogP contribution in [0.15, 0.2) is 237 Å². The largest absolute Gasteiger partial charge is 0.439 e. The summed E-state index contributed by atoms with van der Waals surface area (Å²) in [5.41, 5.74) is 5.46. The van der Waals surface area contributed by atoms with Crippen LogP contribution < -0.4 is 48.8 Å². The molecule has 0 amide bonds. The molecule has 0 spiro atoms. The Morgan fingerprint density at radius 3 is 1.10 bits per heavy atom. The van der Waals surface area contributed by atoms with Crippen molar-refractivity contribution >= 4 is 71.8 Å². The van der Waals surface area contributed by atoms with Crippen molar-refractivity contribution in [2.24, 2.45) is 0 Å². The second kappa shape index (κ2) is 21.3. The van der Waals surface area contributed by atoms with Crippen LogP contribution in [-0.2, 0) is 33.5 Å². The van der Waals surface area contributed by atoms with E-state index >= 15 is 4.57 Å². The van der Waals surface area contributed by atoms with Gasteiger partial charge in [-0.2, -0.15) is 0 Å². The number of ether oxygens (including phenoxy) is 2. The zero-order valence-electron chi connectivity index (χ0n) is 46.4. The lowest BCUT2D eigenvalue weighted by molar-refractivity contribution is 0.482. The van der Waals surface area contributed by atoms with Gasteiger partial charge >= 0.3 is 14.7 Å². The monoisotopic (exact) mass is 1240 g/mol. The van der Waals surface area contributed by atoms with Gasteiger partial charge in [0.15, 0.2) is 9.84 Å². The van der Waals surface area contributed by atoms with E-state index in [2.05, 4.69) is 0 Å². The van der Waals surface area contributed by atoms with Gasteiger partial charge in [-0.1, -0.05) is 164 Å². The number of fused-ring (bicyclic) bond motifs is 12. The summed E-state index contributed by atoms with van der Waals surface area (Å²) in [7, 11) is -19.8. The molecule has 0 radical (unpaired) electrons. The molecule has 2 N–H and O–H groups in total. The molecule has 4 heterocycles. The highest BCUT2D eigenvalue weighted by molar-refractivity contribution is 7.92. The van der Waals surface area contributed by atoms with Crippen molar-refractivity contribution in [3.8, 4) is 79.0 Å². The maximum atomic E-state index is 15.5. The lowest BCUT2D eigenvalue weighted by atomic mass is 9.71. The van der Waals surface area contributed by atoms with Gasteiger partial charge in [0.2, 0.25) is 0 Å². The fourth-order valence-corrected chi connectivity index (χ4v) is 23.6. The average molecular weight is 1250 g/mol. The van der Waals surface area contributed by atoms with Gasteiger partial charge in [-0.3, -0.25) is 29.1 Å². The number of sulfone groups is 1. The van der Waals surface area contributed by atoms with Crippen LogP contribution in [0.4, 0.5) is 0 Å². The summed E-state index contributed by atoms with van der Waals surface area (Å²) in [5.74, 6) is 0.833. The standard InChI is InChI=1S/C68H52N2O12P4S/c1-68(45-30-35-48(36-31-45)77-66(69)85(73)64-28-14-7-21-56(64)51-17-3-10-24-59(51)81-85,46-32-37-49(38-33-46)78-67(70)86(74)65-29-15-8-22-57(65)52-18-4-11-25-60(52)82-86)47-34-39-53-55-20-6-13-27-63(55)84(72,80-61(53)44-47)41-43-87(75,76)42-40-83(71)62-26-12-5-19-54(62)50-16-2-9-23-58(50)79-83/h2-39,44,69-70H,40-43H2,1H3. The van der Waals surface area contributed by atoms with E-state index in [1.807, 2.05) is 128 Å². The Morgan fingerprint density at radius 2 is 0.690 bits per heavy atom. The molecule has 0 saturated heterocycles. The highest BCUT2D eigenvalue weighted by atomic mass is 32.2. The molecule has 4 unspecified atom stereocenters. The van der Waals surface area contributed by atoms with Crippen LogP contribution in [0.2, 0.25) is 0 Å². The number of rotatable bonds is 13. The van der Waals surface area contributed by atoms with Crippen molar-refractivity contribution in [1.82, 2.24) is 0 Å². The average Bonchev–Trinajstić information content (AvgIpc) is 0.864. The molecule has 4 aliphatic rings. The number of para-hydroxylation sites is 3. The Bertz CT molecular complexity index is 4670. The molecule has 14 rings (SSSR count). The molecule has 10 aromatic rings. The SMILES string of the molecule is CC(c1ccc(OC(=N)P2(=O)Oc3ccccc3-c3ccccc32)cc1)(c1ccc(OC(=N)P2(=O)Oc3ccccc3-c3ccccc32)cc1)c1ccc2c(c1)OP(=O)(CCS(=O)(=O)CCP1(=O)Oc3ccccc3-c3ccccc31)c1ccccc1-2. The number of hydrogen-bond acceptors (Lipinski definition) is 14. The van der Waals surface area contributed by atoms with Gasteiger partial charge < -0.3 is 27.6 Å². The van der Waals surface area contributed by atoms with Gasteiger partial charge in [-0.05, 0) is 119 Å². The minimum absolute atomic E-state index is 0.211. The van der Waals surface area contributed by atoms with Crippen molar-refractivity contribution in [1.29, 1.82) is 10.8 Å². The topological polar surface area (TPSA) is 205 Å². The second-order valence-electron chi connectivity index (χ2n) is 21.7. The van der Waals surface area contributed by atoms with Crippen LogP contribution in [0.5, 0.6) is 34.5 Å². The Balaban J connectivity index is 0.779. The molecular weight excluding hydrogens is 1190 g/mol. The van der Waals surface area contributed by atoms with E-state index in [0.29, 0.717) is 77.4 Å². The molecule has 10 aromatic carbocycles. The van der Waals surface area contributed by atoms with E-state index in [9.17, 15) is 22.1 Å². The fourth-order valence-electron chi connectivity index (χ4n) is 12.0. The third-order valence-corrected chi connectivity index (χ3v) is 27.9. The number of nitrogens with one attached hydrogen (secondary N) is 2. The van der Waals surface area contributed by atoms with Crippen LogP contribution in [0.25, 0.3) is 44.5 Å². The summed E-state index contributed by atoms with van der Waals surface area (Å²) in [6.07, 6.45) is -0.646. The summed E-state index contributed by atoms with van der Waals surface area (Å²) < 4.78 is 125. The van der Waals surface area contributed by atoms with E-state index in [0.717, 1.165) is 22.3 Å². The van der Waals surface area contributed by atoms with Crippen molar-refractivity contribution in [3.05, 3.63) is 253 Å². The first-order valence-electron chi connectivity index (χ1n) is 27.9. The molecule has 19 heteroatoms. The molecule has 4 aliphatic heterocycles. The number of hydrogen-bond donors (Lipinski definition) is 2. The highest BCUT2D eigenvalue weighted by Gasteiger charge is 2.45. The van der Waals surface area contributed by atoms with Crippen LogP contribution in [0, 0.1) is 10.8 Å². The highest BCUT2D eigenvalue weighted by Crippen LogP contribution is 2.60. The zero-order chi connectivity index (χ0) is 59.9. The third kappa shape index (κ3) is 9.61. The minimum Gasteiger partial charge on any atom is -0.439 e. The Kier molecular flexibility index (Phi) is 13.7. The van der Waals surface area contributed by atoms with Gasteiger partial charge in [0.05, 0.1) is 45.0 Å². The minimum atomic E-state index is -4.06. The van der Waals surface area contributed by atoms with Crippen LogP contribution in [-0.4, -0.2) is 43.5 Å². The third-order valence-electron chi connectivity index (χ3n) is 16.5. The van der Waals surface area contributed by atoms with Gasteiger partial charge in [0, 0.05) is 27.7 Å². The summed E-state index contributed by atoms with van der Waals surface area (Å²) in [5, 5.41) is 19.8. The van der Waals surface area contributed by atoms with E-state index in [1.54, 1.807) is 115 Å². The van der Waals surface area contributed by atoms with E-state index in [-0.39, 0.29) is 29.6 Å². The predicted octanol–water partition coefficient (Wildman–Crippen LogP) is 15.0. The molecule has 0 saturated carbocycles. The maximum absolute atomic E-state index is 15.5. The molecular formula is C68H52N2O12P4S. The summed E-state index contributed by atoms with van der Waals surface area (Å²) in [6.45, 7) is 1.98. The second-order valence-corrected chi connectivity index (χ2v) is 33.2. The summed E-state index contributed by atoms with van der Waals surface area (Å²) in [4.78, 5) is 0. The lowest BCUT2D eigenvalue weighted by Gasteiger charge is -2.34. The zero-order valence-corrected chi connectivity index (χ0v) is 50.8. The lowest BCUT2D eigenvalue weighted by Crippen LogP contribution is -2.28. The first-order valence-corrected chi connectivity index (χ1v) is 36.6. The Labute approximate surface area is 502 Å². The van der Waals surface area contributed by atoms with Crippen molar-refractivity contribution in [2.45, 2.75) is 12.3 Å². The predicted molar refractivity (Wildman–Crippen MR) is 343 cm³/mol. The molecule has 432 valence electrons. The van der Waals surface area contributed by atoms with Crippen molar-refractivity contribution < 1.29 is 54.2 Å². The smallest absolute Gasteiger partial charge is 0.360 e. The van der Waals surface area contributed by atoms with Crippen LogP contribution in [0.1, 0.15) is 23.6 Å². The van der Waals surface area contributed by atoms with Crippen LogP contribution >= 0.6 is 29.5 Å². The summed E-state index contributed by atoms with van der Waals surface area (Å²) in [6, 6.07) is 69.7. The first kappa shape index (κ1) is 56.0. The maximum Gasteiger partial charge on any atom is 0.360 e. The van der Waals surface area contributed by atoms with Gasteiger partial charge in [0.25, 0.3) is 26.0 Å². The molecule has 0 fully saturated rings. The Morgan fingerprint density at radius 1 is 0.379 bits per heavy atom. The Hall–Kier alpha value is -8.79. The normalized spacial score (nSPS) is 20.5. The van der Waals surface area contributed by atoms with Gasteiger partial charge in [-0.25, -0.2) is 8.42 Å². The van der Waals surface area contributed by atoms with Crippen LogP contribution in [0.3, 0.4) is 0 Å². The van der Waals surface area contributed by atoms with Gasteiger partial charge in [-0.15, -0.1) is 0 Å². The molecule has 0 bridgehead atoms. The first-order chi connectivity index (χ1) is 42.0. The molecule has 0 aromatic heterocycles. The van der Waals surface area contributed by atoms with Crippen molar-refractivity contribution in [3.63, 3.8) is 0 Å². The molecule has 0 aliphatic carbocycles. The van der Waals surface area contributed by atoms with E-state index < -0.39 is 67.5 Å². The van der Waals surface area contributed by atoms with E-state index in [4.69, 9.17) is 38.4 Å². The fraction of sp³-hybridized carbons (Fsp3) is 0.0882.